The van der Waals surface area contributed by atoms with Crippen LogP contribution in [0.3, 0.4) is 0 Å². The quantitative estimate of drug-likeness (QED) is 0.726. The third kappa shape index (κ3) is 2.67. The van der Waals surface area contributed by atoms with Crippen molar-refractivity contribution in [3.05, 3.63) is 60.2 Å². The van der Waals surface area contributed by atoms with Crippen LogP contribution in [-0.2, 0) is 9.84 Å². The van der Waals surface area contributed by atoms with E-state index in [4.69, 9.17) is 0 Å². The van der Waals surface area contributed by atoms with E-state index >= 15 is 0 Å². The summed E-state index contributed by atoms with van der Waals surface area (Å²) in [6.45, 7) is 2.05. The average molecular weight is 297 g/mol. The van der Waals surface area contributed by atoms with Gasteiger partial charge in [0.25, 0.3) is 0 Å². The highest BCUT2D eigenvalue weighted by Crippen LogP contribution is 2.25. The zero-order chi connectivity index (χ0) is 15.0. The molecule has 2 aromatic carbocycles. The Morgan fingerprint density at radius 3 is 2.29 bits per heavy atom. The summed E-state index contributed by atoms with van der Waals surface area (Å²) in [4.78, 5) is 4.97. The maximum absolute atomic E-state index is 11.5. The molecule has 3 aromatic rings. The Labute approximate surface area is 124 Å². The molecule has 0 fully saturated rings. The van der Waals surface area contributed by atoms with Gasteiger partial charge in [0.2, 0.25) is 0 Å². The van der Waals surface area contributed by atoms with Gasteiger partial charge in [-0.05, 0) is 36.8 Å². The smallest absolute Gasteiger partial charge is 0.175 e. The number of aromatic nitrogens is 1. The first kappa shape index (κ1) is 13.8. The summed E-state index contributed by atoms with van der Waals surface area (Å²) in [5, 5.41) is 1.13. The van der Waals surface area contributed by atoms with Crippen LogP contribution in [0.2, 0.25) is 0 Å². The highest BCUT2D eigenvalue weighted by atomic mass is 32.2. The zero-order valence-electron chi connectivity index (χ0n) is 11.9. The van der Waals surface area contributed by atoms with E-state index in [-0.39, 0.29) is 0 Å². The van der Waals surface area contributed by atoms with Gasteiger partial charge in [0.1, 0.15) is 0 Å². The SMILES string of the molecule is Cc1cc(-c2ccc(S(C)(=O)=O)cc2)nc2ccccc12. The molecule has 0 N–H and O–H groups in total. The maximum Gasteiger partial charge on any atom is 0.175 e. The van der Waals surface area contributed by atoms with Gasteiger partial charge in [0.15, 0.2) is 9.84 Å². The predicted molar refractivity (Wildman–Crippen MR) is 85.0 cm³/mol. The van der Waals surface area contributed by atoms with E-state index in [1.807, 2.05) is 30.3 Å². The minimum absolute atomic E-state index is 0.323. The largest absolute Gasteiger partial charge is 0.248 e. The minimum atomic E-state index is -3.17. The molecule has 0 amide bonds. The molecule has 0 saturated heterocycles. The van der Waals surface area contributed by atoms with Crippen LogP contribution in [0, 0.1) is 6.92 Å². The van der Waals surface area contributed by atoms with Crippen molar-refractivity contribution in [3.8, 4) is 11.3 Å². The normalized spacial score (nSPS) is 11.7. The summed E-state index contributed by atoms with van der Waals surface area (Å²) >= 11 is 0. The van der Waals surface area contributed by atoms with Crippen molar-refractivity contribution in [2.45, 2.75) is 11.8 Å². The van der Waals surface area contributed by atoms with E-state index in [9.17, 15) is 8.42 Å². The molecule has 3 nitrogen and oxygen atoms in total. The van der Waals surface area contributed by atoms with Crippen molar-refractivity contribution in [1.29, 1.82) is 0 Å². The minimum Gasteiger partial charge on any atom is -0.248 e. The van der Waals surface area contributed by atoms with Gasteiger partial charge in [-0.1, -0.05) is 30.3 Å². The van der Waals surface area contributed by atoms with Crippen LogP contribution in [0.5, 0.6) is 0 Å². The van der Waals surface area contributed by atoms with Crippen LogP contribution in [0.1, 0.15) is 5.56 Å². The molecule has 0 saturated carbocycles. The van der Waals surface area contributed by atoms with Crippen molar-refractivity contribution in [2.75, 3.05) is 6.26 Å². The molecule has 4 heteroatoms. The Morgan fingerprint density at radius 1 is 0.952 bits per heavy atom. The molecule has 0 atom stereocenters. The molecule has 0 aliphatic rings. The number of aryl methyl sites for hydroxylation is 1. The predicted octanol–water partition coefficient (Wildman–Crippen LogP) is 3.61. The number of hydrogen-bond acceptors (Lipinski definition) is 3. The molecule has 3 rings (SSSR count). The molecular weight excluding hydrogens is 282 g/mol. The van der Waals surface area contributed by atoms with Crippen LogP contribution >= 0.6 is 0 Å². The van der Waals surface area contributed by atoms with Gasteiger partial charge in [0, 0.05) is 17.2 Å². The summed E-state index contributed by atoms with van der Waals surface area (Å²) in [5.41, 5.74) is 3.87. The van der Waals surface area contributed by atoms with E-state index < -0.39 is 9.84 Å². The van der Waals surface area contributed by atoms with Gasteiger partial charge in [-0.15, -0.1) is 0 Å². The van der Waals surface area contributed by atoms with Crippen LogP contribution in [0.15, 0.2) is 59.5 Å². The van der Waals surface area contributed by atoms with E-state index in [0.29, 0.717) is 4.90 Å². The summed E-state index contributed by atoms with van der Waals surface area (Å²) in [5.74, 6) is 0. The number of hydrogen-bond donors (Lipinski definition) is 0. The lowest BCUT2D eigenvalue weighted by molar-refractivity contribution is 0.602. The van der Waals surface area contributed by atoms with Gasteiger partial charge in [-0.25, -0.2) is 13.4 Å². The van der Waals surface area contributed by atoms with Gasteiger partial charge >= 0.3 is 0 Å². The fourth-order valence-corrected chi connectivity index (χ4v) is 3.00. The van der Waals surface area contributed by atoms with Crippen molar-refractivity contribution in [1.82, 2.24) is 4.98 Å². The molecule has 0 spiro atoms. The Kier molecular flexibility index (Phi) is 3.26. The Bertz CT molecular complexity index is 913. The average Bonchev–Trinajstić information content (AvgIpc) is 2.46. The Balaban J connectivity index is 2.12. The maximum atomic E-state index is 11.5. The zero-order valence-corrected chi connectivity index (χ0v) is 12.7. The summed E-state index contributed by atoms with van der Waals surface area (Å²) < 4.78 is 23.0. The third-order valence-corrected chi connectivity index (χ3v) is 4.63. The molecule has 106 valence electrons. The molecule has 1 heterocycles. The second-order valence-corrected chi connectivity index (χ2v) is 7.15. The third-order valence-electron chi connectivity index (χ3n) is 3.50. The molecule has 0 bridgehead atoms. The molecule has 0 unspecified atom stereocenters. The molecule has 0 aliphatic carbocycles. The molecule has 1 aromatic heterocycles. The molecule has 0 aliphatic heterocycles. The number of benzene rings is 2. The van der Waals surface area contributed by atoms with Gasteiger partial charge in [0.05, 0.1) is 16.1 Å². The lowest BCUT2D eigenvalue weighted by Crippen LogP contribution is -1.96. The monoisotopic (exact) mass is 297 g/mol. The number of para-hydroxylation sites is 1. The first-order chi connectivity index (χ1) is 9.95. The first-order valence-corrected chi connectivity index (χ1v) is 8.51. The Morgan fingerprint density at radius 2 is 1.62 bits per heavy atom. The lowest BCUT2D eigenvalue weighted by Gasteiger charge is -2.07. The highest BCUT2D eigenvalue weighted by Gasteiger charge is 2.08. The van der Waals surface area contributed by atoms with Crippen molar-refractivity contribution < 1.29 is 8.42 Å². The Hall–Kier alpha value is -2.20. The summed E-state index contributed by atoms with van der Waals surface area (Å²) in [6, 6.07) is 16.9. The number of rotatable bonds is 2. The number of sulfone groups is 1. The topological polar surface area (TPSA) is 47.0 Å². The molecule has 21 heavy (non-hydrogen) atoms. The van der Waals surface area contributed by atoms with Gasteiger partial charge in [-0.2, -0.15) is 0 Å². The van der Waals surface area contributed by atoms with Crippen molar-refractivity contribution in [3.63, 3.8) is 0 Å². The number of fused-ring (bicyclic) bond motifs is 1. The first-order valence-electron chi connectivity index (χ1n) is 6.62. The van der Waals surface area contributed by atoms with E-state index in [2.05, 4.69) is 11.9 Å². The van der Waals surface area contributed by atoms with E-state index in [1.54, 1.807) is 24.3 Å². The van der Waals surface area contributed by atoms with Crippen molar-refractivity contribution in [2.24, 2.45) is 0 Å². The van der Waals surface area contributed by atoms with Crippen LogP contribution < -0.4 is 0 Å². The number of pyridine rings is 1. The highest BCUT2D eigenvalue weighted by molar-refractivity contribution is 7.90. The molecule has 0 radical (unpaired) electrons. The summed E-state index contributed by atoms with van der Waals surface area (Å²) in [7, 11) is -3.17. The van der Waals surface area contributed by atoms with E-state index in [1.165, 1.54) is 6.26 Å². The van der Waals surface area contributed by atoms with Crippen LogP contribution in [-0.4, -0.2) is 19.7 Å². The van der Waals surface area contributed by atoms with E-state index in [0.717, 1.165) is 27.7 Å². The van der Waals surface area contributed by atoms with Crippen LogP contribution in [0.4, 0.5) is 0 Å². The fourth-order valence-electron chi connectivity index (χ4n) is 2.37. The fraction of sp³-hybridized carbons (Fsp3) is 0.118. The van der Waals surface area contributed by atoms with Gasteiger partial charge < -0.3 is 0 Å². The van der Waals surface area contributed by atoms with Crippen LogP contribution in [0.25, 0.3) is 22.2 Å². The van der Waals surface area contributed by atoms with Crippen molar-refractivity contribution >= 4 is 20.7 Å². The van der Waals surface area contributed by atoms with Gasteiger partial charge in [-0.3, -0.25) is 0 Å². The summed E-state index contributed by atoms with van der Waals surface area (Å²) in [6.07, 6.45) is 1.21. The second-order valence-electron chi connectivity index (χ2n) is 5.14. The second kappa shape index (κ2) is 4.97. The number of nitrogens with zero attached hydrogens (tertiary/aromatic N) is 1. The standard InChI is InChI=1S/C17H15NO2S/c1-12-11-17(18-16-6-4-3-5-15(12)16)13-7-9-14(10-8-13)21(2,19)20/h3-11H,1-2H3. The molecular formula is C17H15NO2S. The lowest BCUT2D eigenvalue weighted by atomic mass is 10.1.